The highest BCUT2D eigenvalue weighted by Crippen LogP contribution is 1.97. The molecule has 6 nitrogen and oxygen atoms in total. The molecule has 116 valence electrons. The molecule has 0 aromatic carbocycles. The van der Waals surface area contributed by atoms with Crippen molar-refractivity contribution < 1.29 is 29.0 Å². The maximum atomic E-state index is 10.7. The number of rotatable bonds is 9. The molecule has 0 spiro atoms. The van der Waals surface area contributed by atoms with Crippen LogP contribution in [0, 0.1) is 0 Å². The lowest BCUT2D eigenvalue weighted by molar-refractivity contribution is -0.143. The summed E-state index contributed by atoms with van der Waals surface area (Å²) in [6.45, 7) is 5.16. The highest BCUT2D eigenvalue weighted by Gasteiger charge is 2.01. The number of carboxylic acids is 1. The number of esters is 1. The fourth-order valence-electron chi connectivity index (χ4n) is 1.20. The normalized spacial score (nSPS) is 9.15. The van der Waals surface area contributed by atoms with Gasteiger partial charge in [0.1, 0.15) is 11.6 Å². The lowest BCUT2D eigenvalue weighted by Crippen LogP contribution is -2.04. The molecular formula is C14H24O6. The van der Waals surface area contributed by atoms with Crippen molar-refractivity contribution >= 4 is 23.5 Å². The molecule has 0 aromatic heterocycles. The van der Waals surface area contributed by atoms with Crippen LogP contribution in [0.25, 0.3) is 0 Å². The first-order valence-corrected chi connectivity index (χ1v) is 6.65. The van der Waals surface area contributed by atoms with Gasteiger partial charge in [-0.1, -0.05) is 0 Å². The van der Waals surface area contributed by atoms with Gasteiger partial charge in [0, 0.05) is 25.7 Å². The predicted molar refractivity (Wildman–Crippen MR) is 73.3 cm³/mol. The smallest absolute Gasteiger partial charge is 0.305 e. The van der Waals surface area contributed by atoms with Gasteiger partial charge in [-0.3, -0.25) is 9.59 Å². The third-order valence-corrected chi connectivity index (χ3v) is 2.13. The summed E-state index contributed by atoms with van der Waals surface area (Å²) in [4.78, 5) is 41.2. The van der Waals surface area contributed by atoms with Gasteiger partial charge in [-0.2, -0.15) is 0 Å². The van der Waals surface area contributed by atoms with E-state index in [-0.39, 0.29) is 24.0 Å². The van der Waals surface area contributed by atoms with Gasteiger partial charge in [0.05, 0.1) is 6.61 Å². The highest BCUT2D eigenvalue weighted by molar-refractivity contribution is 5.76. The molecule has 0 fully saturated rings. The highest BCUT2D eigenvalue weighted by atomic mass is 16.5. The average molecular weight is 288 g/mol. The zero-order valence-electron chi connectivity index (χ0n) is 12.4. The number of carboxylic acid groups (broad SMARTS) is 1. The van der Waals surface area contributed by atoms with Gasteiger partial charge in [0.25, 0.3) is 0 Å². The van der Waals surface area contributed by atoms with E-state index in [1.165, 1.54) is 13.8 Å². The molecule has 0 aromatic rings. The van der Waals surface area contributed by atoms with Crippen LogP contribution < -0.4 is 0 Å². The van der Waals surface area contributed by atoms with Crippen molar-refractivity contribution in [2.24, 2.45) is 0 Å². The molecule has 0 aliphatic heterocycles. The molecule has 0 amide bonds. The topological polar surface area (TPSA) is 97.7 Å². The molecule has 0 aliphatic carbocycles. The van der Waals surface area contributed by atoms with E-state index >= 15 is 0 Å². The molecule has 0 unspecified atom stereocenters. The number of Topliss-reactive ketones (excluding diaryl/α,β-unsaturated/α-hetero) is 2. The minimum atomic E-state index is -0.837. The van der Waals surface area contributed by atoms with E-state index in [1.54, 1.807) is 6.92 Å². The molecule has 0 saturated heterocycles. The summed E-state index contributed by atoms with van der Waals surface area (Å²) in [5, 5.41) is 8.12. The Labute approximate surface area is 119 Å². The Bertz CT molecular complexity index is 308. The lowest BCUT2D eigenvalue weighted by atomic mass is 10.2. The monoisotopic (exact) mass is 288 g/mol. The first kappa shape index (κ1) is 20.6. The second-order valence-corrected chi connectivity index (χ2v) is 4.31. The van der Waals surface area contributed by atoms with Crippen LogP contribution in [0.5, 0.6) is 0 Å². The number of ketones is 2. The molecule has 0 saturated carbocycles. The fourth-order valence-corrected chi connectivity index (χ4v) is 1.20. The van der Waals surface area contributed by atoms with Crippen LogP contribution >= 0.6 is 0 Å². The van der Waals surface area contributed by atoms with Crippen molar-refractivity contribution in [3.8, 4) is 0 Å². The molecule has 6 heteroatoms. The first-order chi connectivity index (χ1) is 9.29. The Morgan fingerprint density at radius 3 is 1.65 bits per heavy atom. The number of hydrogen-bond acceptors (Lipinski definition) is 5. The molecule has 20 heavy (non-hydrogen) atoms. The summed E-state index contributed by atoms with van der Waals surface area (Å²) in [5.41, 5.74) is 0. The van der Waals surface area contributed by atoms with E-state index in [0.29, 0.717) is 38.7 Å². The summed E-state index contributed by atoms with van der Waals surface area (Å²) >= 11 is 0. The second-order valence-electron chi connectivity index (χ2n) is 4.31. The number of ether oxygens (including phenoxy) is 1. The predicted octanol–water partition coefficient (Wildman–Crippen LogP) is 2.14. The Morgan fingerprint density at radius 1 is 0.850 bits per heavy atom. The van der Waals surface area contributed by atoms with Crippen molar-refractivity contribution in [3.05, 3.63) is 0 Å². The van der Waals surface area contributed by atoms with Crippen molar-refractivity contribution in [2.45, 2.75) is 59.3 Å². The number of hydrogen-bond donors (Lipinski definition) is 1. The van der Waals surface area contributed by atoms with E-state index in [0.717, 1.165) is 0 Å². The van der Waals surface area contributed by atoms with Gasteiger partial charge >= 0.3 is 11.9 Å². The van der Waals surface area contributed by atoms with Gasteiger partial charge in [-0.15, -0.1) is 0 Å². The number of carbonyl (C=O) groups is 4. The average Bonchev–Trinajstić information content (AvgIpc) is 2.28. The van der Waals surface area contributed by atoms with Gasteiger partial charge < -0.3 is 19.4 Å². The first-order valence-electron chi connectivity index (χ1n) is 6.65. The maximum Gasteiger partial charge on any atom is 0.305 e. The van der Waals surface area contributed by atoms with Gasteiger partial charge in [0.2, 0.25) is 0 Å². The Kier molecular flexibility index (Phi) is 14.1. The minimum Gasteiger partial charge on any atom is -0.481 e. The van der Waals surface area contributed by atoms with Gasteiger partial charge in [0.15, 0.2) is 0 Å². The van der Waals surface area contributed by atoms with E-state index in [2.05, 4.69) is 4.74 Å². The molecule has 0 atom stereocenters. The quantitative estimate of drug-likeness (QED) is 0.653. The van der Waals surface area contributed by atoms with Gasteiger partial charge in [-0.05, 0) is 33.6 Å². The van der Waals surface area contributed by atoms with Crippen LogP contribution in [0.2, 0.25) is 0 Å². The third kappa shape index (κ3) is 21.6. The number of aliphatic carboxylic acids is 1. The molecule has 1 N–H and O–H groups in total. The fraction of sp³-hybridized carbons (Fsp3) is 0.714. The van der Waals surface area contributed by atoms with Crippen molar-refractivity contribution in [1.29, 1.82) is 0 Å². The lowest BCUT2D eigenvalue weighted by Gasteiger charge is -1.98. The zero-order chi connectivity index (χ0) is 16.0. The molecule has 0 radical (unpaired) electrons. The molecule has 0 heterocycles. The maximum absolute atomic E-state index is 10.7. The van der Waals surface area contributed by atoms with Crippen molar-refractivity contribution in [3.63, 3.8) is 0 Å². The van der Waals surface area contributed by atoms with Crippen LogP contribution in [-0.4, -0.2) is 35.2 Å². The SMILES string of the molecule is CC(=O)CCCC(=O)O.CCOC(=O)CCCC(C)=O. The largest absolute Gasteiger partial charge is 0.481 e. The summed E-state index contributed by atoms with van der Waals surface area (Å²) in [7, 11) is 0. The van der Waals surface area contributed by atoms with Crippen LogP contribution in [0.3, 0.4) is 0 Å². The Balaban J connectivity index is 0. The molecule has 0 bridgehead atoms. The van der Waals surface area contributed by atoms with E-state index in [4.69, 9.17) is 5.11 Å². The molecular weight excluding hydrogens is 264 g/mol. The second kappa shape index (κ2) is 13.7. The van der Waals surface area contributed by atoms with Crippen molar-refractivity contribution in [2.75, 3.05) is 6.61 Å². The van der Waals surface area contributed by atoms with Crippen LogP contribution in [0.1, 0.15) is 59.3 Å². The van der Waals surface area contributed by atoms with Crippen molar-refractivity contribution in [1.82, 2.24) is 0 Å². The Hall–Kier alpha value is -1.72. The van der Waals surface area contributed by atoms with E-state index in [1.807, 2.05) is 0 Å². The zero-order valence-corrected chi connectivity index (χ0v) is 12.4. The third-order valence-electron chi connectivity index (χ3n) is 2.13. The van der Waals surface area contributed by atoms with Crippen LogP contribution in [0.4, 0.5) is 0 Å². The molecule has 0 aliphatic rings. The minimum absolute atomic E-state index is 0.0521. The Morgan fingerprint density at radius 2 is 1.30 bits per heavy atom. The number of carbonyl (C=O) groups excluding carboxylic acids is 3. The van der Waals surface area contributed by atoms with Crippen LogP contribution in [-0.2, 0) is 23.9 Å². The molecule has 0 rings (SSSR count). The van der Waals surface area contributed by atoms with Gasteiger partial charge in [-0.25, -0.2) is 0 Å². The van der Waals surface area contributed by atoms with E-state index < -0.39 is 5.97 Å². The summed E-state index contributed by atoms with van der Waals surface area (Å²) in [6.07, 6.45) is 2.37. The summed E-state index contributed by atoms with van der Waals surface area (Å²) < 4.78 is 4.67. The van der Waals surface area contributed by atoms with E-state index in [9.17, 15) is 19.2 Å². The standard InChI is InChI=1S/C8H14O3.C6H10O3/c1-3-11-8(10)6-4-5-7(2)9;1-5(7)3-2-4-6(8)9/h3-6H2,1-2H3;2-4H2,1H3,(H,8,9). The summed E-state index contributed by atoms with van der Waals surface area (Å²) in [6, 6.07) is 0. The summed E-state index contributed by atoms with van der Waals surface area (Å²) in [5.74, 6) is -0.879. The van der Waals surface area contributed by atoms with Crippen LogP contribution in [0.15, 0.2) is 0 Å².